The van der Waals surface area contributed by atoms with E-state index in [4.69, 9.17) is 23.7 Å². The van der Waals surface area contributed by atoms with E-state index in [0.29, 0.717) is 36.0 Å². The number of rotatable bonds is 5. The number of benzene rings is 2. The Morgan fingerprint density at radius 3 is 2.18 bits per heavy atom. The van der Waals surface area contributed by atoms with Crippen LogP contribution in [0.1, 0.15) is 22.6 Å². The summed E-state index contributed by atoms with van der Waals surface area (Å²) in [4.78, 5) is 12.4. The second-order valence-corrected chi connectivity index (χ2v) is 7.10. The summed E-state index contributed by atoms with van der Waals surface area (Å²) in [7, 11) is 6.48. The largest absolute Gasteiger partial charge is 0.493 e. The van der Waals surface area contributed by atoms with Crippen LogP contribution in [0.15, 0.2) is 30.3 Å². The van der Waals surface area contributed by atoms with Crippen LogP contribution in [0.2, 0.25) is 0 Å². The number of fused-ring (bicyclic) bond motifs is 2. The summed E-state index contributed by atoms with van der Waals surface area (Å²) < 4.78 is 27.3. The monoisotopic (exact) mass is 384 g/mol. The minimum Gasteiger partial charge on any atom is -0.493 e. The minimum atomic E-state index is -0.163. The third kappa shape index (κ3) is 2.84. The zero-order chi connectivity index (χ0) is 19.8. The molecule has 148 valence electrons. The van der Waals surface area contributed by atoms with Gasteiger partial charge in [0.25, 0.3) is 0 Å². The number of carbonyl (C=O) groups excluding carboxylic acids is 1. The maximum atomic E-state index is 12.4. The van der Waals surface area contributed by atoms with Crippen LogP contribution in [0, 0.1) is 11.8 Å². The molecule has 0 radical (unpaired) electrons. The fourth-order valence-corrected chi connectivity index (χ4v) is 4.48. The van der Waals surface area contributed by atoms with E-state index < -0.39 is 0 Å². The second kappa shape index (κ2) is 7.26. The van der Waals surface area contributed by atoms with Crippen LogP contribution >= 0.6 is 0 Å². The average Bonchev–Trinajstić information content (AvgIpc) is 3.10. The summed E-state index contributed by atoms with van der Waals surface area (Å²) in [5, 5.41) is 0. The predicted octanol–water partition coefficient (Wildman–Crippen LogP) is 3.20. The third-order valence-electron chi connectivity index (χ3n) is 5.85. The molecule has 0 amide bonds. The molecule has 0 N–H and O–H groups in total. The number of methoxy groups -OCH3 is 4. The summed E-state index contributed by atoms with van der Waals surface area (Å²) in [5.74, 6) is 2.43. The number of hydrogen-bond acceptors (Lipinski definition) is 6. The zero-order valence-corrected chi connectivity index (χ0v) is 16.5. The number of esters is 1. The van der Waals surface area contributed by atoms with Crippen LogP contribution in [-0.4, -0.2) is 41.0 Å². The Kier molecular flexibility index (Phi) is 4.79. The van der Waals surface area contributed by atoms with E-state index in [1.165, 1.54) is 0 Å². The van der Waals surface area contributed by atoms with E-state index in [2.05, 4.69) is 0 Å². The van der Waals surface area contributed by atoms with Crippen LogP contribution in [0.4, 0.5) is 0 Å². The van der Waals surface area contributed by atoms with Gasteiger partial charge in [0.15, 0.2) is 23.0 Å². The van der Waals surface area contributed by atoms with Crippen LogP contribution in [0.3, 0.4) is 0 Å². The normalized spacial score (nSPS) is 22.7. The van der Waals surface area contributed by atoms with Gasteiger partial charge in [0.1, 0.15) is 0 Å². The Hall–Kier alpha value is -2.89. The molecule has 1 fully saturated rings. The molecule has 1 heterocycles. The number of carbonyl (C=O) groups is 1. The SMILES string of the molecule is COc1ccc([C@H]2c3cc(OC)c(OC)cc3C[C@H]3C(=O)OC[C@H]23)cc1OC. The van der Waals surface area contributed by atoms with E-state index >= 15 is 0 Å². The smallest absolute Gasteiger partial charge is 0.309 e. The maximum absolute atomic E-state index is 12.4. The molecule has 2 aliphatic rings. The van der Waals surface area contributed by atoms with Crippen molar-refractivity contribution in [1.29, 1.82) is 0 Å². The molecule has 2 aromatic rings. The van der Waals surface area contributed by atoms with Crippen LogP contribution in [0.25, 0.3) is 0 Å². The third-order valence-corrected chi connectivity index (χ3v) is 5.85. The Bertz CT molecular complexity index is 906. The lowest BCUT2D eigenvalue weighted by Crippen LogP contribution is -2.31. The molecule has 0 saturated carbocycles. The Morgan fingerprint density at radius 1 is 0.857 bits per heavy atom. The van der Waals surface area contributed by atoms with Gasteiger partial charge in [-0.1, -0.05) is 6.07 Å². The van der Waals surface area contributed by atoms with E-state index in [-0.39, 0.29) is 23.7 Å². The van der Waals surface area contributed by atoms with Crippen molar-refractivity contribution in [2.24, 2.45) is 11.8 Å². The first-order valence-electron chi connectivity index (χ1n) is 9.24. The Balaban J connectivity index is 1.89. The van der Waals surface area contributed by atoms with Crippen LogP contribution in [0.5, 0.6) is 23.0 Å². The standard InChI is InChI=1S/C22H24O6/c1-24-17-6-5-12(8-18(17)25-2)21-14-10-20(27-4)19(26-3)9-13(14)7-15-16(21)11-28-22(15)23/h5-6,8-10,15-16,21H,7,11H2,1-4H3/t15-,16+,21+/m1/s1. The molecule has 4 rings (SSSR count). The highest BCUT2D eigenvalue weighted by Crippen LogP contribution is 2.50. The summed E-state index contributed by atoms with van der Waals surface area (Å²) in [5.41, 5.74) is 3.26. The maximum Gasteiger partial charge on any atom is 0.309 e. The molecule has 2 aromatic carbocycles. The number of ether oxygens (including phenoxy) is 5. The van der Waals surface area contributed by atoms with Gasteiger partial charge in [-0.3, -0.25) is 4.79 Å². The van der Waals surface area contributed by atoms with Gasteiger partial charge in [-0.2, -0.15) is 0 Å². The van der Waals surface area contributed by atoms with Gasteiger partial charge in [-0.25, -0.2) is 0 Å². The first kappa shape index (κ1) is 18.5. The van der Waals surface area contributed by atoms with Crippen molar-refractivity contribution in [2.75, 3.05) is 35.0 Å². The lowest BCUT2D eigenvalue weighted by molar-refractivity contribution is -0.141. The van der Waals surface area contributed by atoms with Crippen molar-refractivity contribution < 1.29 is 28.5 Å². The van der Waals surface area contributed by atoms with Gasteiger partial charge in [0, 0.05) is 11.8 Å². The fourth-order valence-electron chi connectivity index (χ4n) is 4.48. The minimum absolute atomic E-state index is 0.0141. The molecule has 0 unspecified atom stereocenters. The molecule has 6 heteroatoms. The first-order chi connectivity index (χ1) is 13.6. The topological polar surface area (TPSA) is 63.2 Å². The van der Waals surface area contributed by atoms with Crippen LogP contribution < -0.4 is 18.9 Å². The van der Waals surface area contributed by atoms with E-state index in [0.717, 1.165) is 16.7 Å². The molecule has 1 aliphatic heterocycles. The van der Waals surface area contributed by atoms with E-state index in [9.17, 15) is 4.79 Å². The van der Waals surface area contributed by atoms with E-state index in [1.54, 1.807) is 28.4 Å². The van der Waals surface area contributed by atoms with Crippen molar-refractivity contribution in [2.45, 2.75) is 12.3 Å². The molecule has 28 heavy (non-hydrogen) atoms. The van der Waals surface area contributed by atoms with Crippen LogP contribution in [-0.2, 0) is 16.0 Å². The van der Waals surface area contributed by atoms with Gasteiger partial charge in [-0.05, 0) is 47.4 Å². The summed E-state index contributed by atoms with van der Waals surface area (Å²) >= 11 is 0. The summed E-state index contributed by atoms with van der Waals surface area (Å²) in [6.45, 7) is 0.413. The van der Waals surface area contributed by atoms with Gasteiger partial charge in [0.2, 0.25) is 0 Å². The molecule has 0 spiro atoms. The highest BCUT2D eigenvalue weighted by atomic mass is 16.5. The van der Waals surface area contributed by atoms with E-state index in [1.807, 2.05) is 30.3 Å². The Labute approximate surface area is 164 Å². The number of hydrogen-bond donors (Lipinski definition) is 0. The number of cyclic esters (lactones) is 1. The van der Waals surface area contributed by atoms with Crippen molar-refractivity contribution in [3.05, 3.63) is 47.0 Å². The molecular formula is C22H24O6. The first-order valence-corrected chi connectivity index (χ1v) is 9.24. The molecule has 3 atom stereocenters. The zero-order valence-electron chi connectivity index (χ0n) is 16.5. The second-order valence-electron chi connectivity index (χ2n) is 7.10. The lowest BCUT2D eigenvalue weighted by atomic mass is 9.67. The molecule has 0 aromatic heterocycles. The summed E-state index contributed by atoms with van der Waals surface area (Å²) in [6, 6.07) is 9.90. The van der Waals surface area contributed by atoms with Crippen molar-refractivity contribution in [1.82, 2.24) is 0 Å². The van der Waals surface area contributed by atoms with Crippen molar-refractivity contribution >= 4 is 5.97 Å². The Morgan fingerprint density at radius 2 is 1.50 bits per heavy atom. The fraction of sp³-hybridized carbons (Fsp3) is 0.409. The lowest BCUT2D eigenvalue weighted by Gasteiger charge is -2.34. The van der Waals surface area contributed by atoms with Crippen molar-refractivity contribution in [3.8, 4) is 23.0 Å². The quantitative estimate of drug-likeness (QED) is 0.738. The molecule has 1 saturated heterocycles. The van der Waals surface area contributed by atoms with Gasteiger partial charge in [0.05, 0.1) is 41.0 Å². The van der Waals surface area contributed by atoms with Gasteiger partial charge < -0.3 is 23.7 Å². The average molecular weight is 384 g/mol. The van der Waals surface area contributed by atoms with Gasteiger partial charge >= 0.3 is 5.97 Å². The molecule has 0 bridgehead atoms. The molecular weight excluding hydrogens is 360 g/mol. The van der Waals surface area contributed by atoms with Crippen molar-refractivity contribution in [3.63, 3.8) is 0 Å². The molecule has 1 aliphatic carbocycles. The highest BCUT2D eigenvalue weighted by molar-refractivity contribution is 5.77. The van der Waals surface area contributed by atoms with Gasteiger partial charge in [-0.15, -0.1) is 0 Å². The highest BCUT2D eigenvalue weighted by Gasteiger charge is 2.47. The molecule has 6 nitrogen and oxygen atoms in total. The summed E-state index contributed by atoms with van der Waals surface area (Å²) in [6.07, 6.45) is 0.642. The predicted molar refractivity (Wildman–Crippen MR) is 103 cm³/mol.